The standard InChI is InChI=1S/C10H27N3Si/c1-9(2,3)13-14(11-7,12-8)10(4,5)6/h11-13H,1-8H3. The SMILES string of the molecule is CN[Si](NC)(NC(C)(C)C)C(C)(C)C. The highest BCUT2D eigenvalue weighted by atomic mass is 28.4. The summed E-state index contributed by atoms with van der Waals surface area (Å²) < 4.78 is 0. The summed E-state index contributed by atoms with van der Waals surface area (Å²) in [4.78, 5) is 10.7. The van der Waals surface area contributed by atoms with E-state index >= 15 is 0 Å². The first kappa shape index (κ1) is 14.1. The predicted octanol–water partition coefficient (Wildman–Crippen LogP) is 1.55. The van der Waals surface area contributed by atoms with E-state index in [1.54, 1.807) is 0 Å². The minimum Gasteiger partial charge on any atom is -0.316 e. The summed E-state index contributed by atoms with van der Waals surface area (Å²) in [7, 11) is 2.24. The second-order valence-electron chi connectivity index (χ2n) is 5.88. The zero-order valence-electron chi connectivity index (χ0n) is 11.0. The van der Waals surface area contributed by atoms with E-state index in [0.29, 0.717) is 0 Å². The van der Waals surface area contributed by atoms with E-state index in [2.05, 4.69) is 56.5 Å². The molecule has 4 heteroatoms. The van der Waals surface area contributed by atoms with E-state index in [1.807, 2.05) is 14.1 Å². The van der Waals surface area contributed by atoms with E-state index in [1.165, 1.54) is 0 Å². The molecule has 3 nitrogen and oxygen atoms in total. The van der Waals surface area contributed by atoms with Gasteiger partial charge in [-0.3, -0.25) is 0 Å². The third-order valence-electron chi connectivity index (χ3n) is 2.44. The third-order valence-corrected chi connectivity index (χ3v) is 7.31. The van der Waals surface area contributed by atoms with Crippen LogP contribution in [0.4, 0.5) is 0 Å². The Kier molecular flexibility index (Phi) is 4.34. The van der Waals surface area contributed by atoms with Gasteiger partial charge in [-0.1, -0.05) is 20.8 Å². The molecule has 0 fully saturated rings. The second kappa shape index (κ2) is 4.31. The lowest BCUT2D eigenvalue weighted by Gasteiger charge is -2.45. The van der Waals surface area contributed by atoms with Gasteiger partial charge in [-0.25, -0.2) is 0 Å². The zero-order valence-corrected chi connectivity index (χ0v) is 12.0. The van der Waals surface area contributed by atoms with Crippen molar-refractivity contribution >= 4 is 8.56 Å². The Morgan fingerprint density at radius 1 is 0.786 bits per heavy atom. The van der Waals surface area contributed by atoms with Crippen molar-refractivity contribution in [2.24, 2.45) is 0 Å². The minimum absolute atomic E-state index is 0.130. The van der Waals surface area contributed by atoms with Crippen LogP contribution in [0.2, 0.25) is 5.04 Å². The molecule has 86 valence electrons. The van der Waals surface area contributed by atoms with Crippen molar-refractivity contribution in [1.29, 1.82) is 0 Å². The lowest BCUT2D eigenvalue weighted by Crippen LogP contribution is -2.78. The Hall–Kier alpha value is 0.0969. The van der Waals surface area contributed by atoms with Gasteiger partial charge in [-0.05, 0) is 39.9 Å². The summed E-state index contributed by atoms with van der Waals surface area (Å²) >= 11 is 0. The van der Waals surface area contributed by atoms with Crippen LogP contribution in [-0.4, -0.2) is 28.2 Å². The molecular formula is C10H27N3Si. The van der Waals surface area contributed by atoms with Crippen LogP contribution in [0.5, 0.6) is 0 Å². The molecule has 0 saturated heterocycles. The summed E-state index contributed by atoms with van der Waals surface area (Å²) in [6.07, 6.45) is 0. The molecule has 0 bridgehead atoms. The van der Waals surface area contributed by atoms with Gasteiger partial charge >= 0.3 is 0 Å². The van der Waals surface area contributed by atoms with Crippen LogP contribution >= 0.6 is 0 Å². The van der Waals surface area contributed by atoms with Crippen LogP contribution in [0.25, 0.3) is 0 Å². The van der Waals surface area contributed by atoms with E-state index in [9.17, 15) is 0 Å². The normalized spacial score (nSPS) is 14.6. The monoisotopic (exact) mass is 217 g/mol. The Bertz CT molecular complexity index is 175. The maximum absolute atomic E-state index is 3.73. The van der Waals surface area contributed by atoms with Crippen molar-refractivity contribution in [2.75, 3.05) is 14.1 Å². The first-order valence-electron chi connectivity index (χ1n) is 5.25. The van der Waals surface area contributed by atoms with Crippen molar-refractivity contribution in [3.05, 3.63) is 0 Å². The Morgan fingerprint density at radius 2 is 1.14 bits per heavy atom. The van der Waals surface area contributed by atoms with Crippen LogP contribution in [0.3, 0.4) is 0 Å². The van der Waals surface area contributed by atoms with E-state index < -0.39 is 8.56 Å². The highest BCUT2D eigenvalue weighted by Gasteiger charge is 2.45. The maximum Gasteiger partial charge on any atom is 0.286 e. The van der Waals surface area contributed by atoms with Crippen molar-refractivity contribution in [1.82, 2.24) is 14.9 Å². The first-order valence-corrected chi connectivity index (χ1v) is 7.25. The van der Waals surface area contributed by atoms with Crippen molar-refractivity contribution in [3.63, 3.8) is 0 Å². The molecule has 3 N–H and O–H groups in total. The average molecular weight is 217 g/mol. The first-order chi connectivity index (χ1) is 6.08. The highest BCUT2D eigenvalue weighted by molar-refractivity contribution is 6.75. The average Bonchev–Trinajstić information content (AvgIpc) is 1.96. The molecule has 0 aromatic rings. The molecule has 0 aliphatic carbocycles. The quantitative estimate of drug-likeness (QED) is 0.628. The molecule has 0 aliphatic heterocycles. The van der Waals surface area contributed by atoms with Gasteiger partial charge in [-0.2, -0.15) is 0 Å². The summed E-state index contributed by atoms with van der Waals surface area (Å²) in [5.74, 6) is 0. The molecule has 0 aliphatic rings. The van der Waals surface area contributed by atoms with E-state index in [-0.39, 0.29) is 10.6 Å². The third kappa shape index (κ3) is 3.35. The smallest absolute Gasteiger partial charge is 0.286 e. The van der Waals surface area contributed by atoms with Crippen LogP contribution in [0.1, 0.15) is 41.5 Å². The minimum atomic E-state index is -1.83. The summed E-state index contributed by atoms with van der Waals surface area (Å²) in [5.41, 5.74) is 0.130. The number of rotatable bonds is 3. The van der Waals surface area contributed by atoms with Crippen molar-refractivity contribution in [2.45, 2.75) is 52.1 Å². The van der Waals surface area contributed by atoms with Gasteiger partial charge in [0.25, 0.3) is 8.56 Å². The molecule has 0 heterocycles. The van der Waals surface area contributed by atoms with Crippen LogP contribution < -0.4 is 14.9 Å². The molecule has 0 aromatic heterocycles. The zero-order chi connectivity index (χ0) is 11.6. The van der Waals surface area contributed by atoms with Crippen molar-refractivity contribution in [3.8, 4) is 0 Å². The molecule has 0 saturated carbocycles. The largest absolute Gasteiger partial charge is 0.316 e. The molecule has 0 unspecified atom stereocenters. The molecular weight excluding hydrogens is 190 g/mol. The van der Waals surface area contributed by atoms with Gasteiger partial charge < -0.3 is 14.9 Å². The Morgan fingerprint density at radius 3 is 1.21 bits per heavy atom. The fourth-order valence-corrected chi connectivity index (χ4v) is 5.25. The maximum atomic E-state index is 3.73. The Balaban J connectivity index is 4.91. The van der Waals surface area contributed by atoms with Crippen LogP contribution in [-0.2, 0) is 0 Å². The van der Waals surface area contributed by atoms with Gasteiger partial charge in [0, 0.05) is 5.54 Å². The van der Waals surface area contributed by atoms with Gasteiger partial charge in [0.15, 0.2) is 0 Å². The van der Waals surface area contributed by atoms with Crippen LogP contribution in [0, 0.1) is 0 Å². The lowest BCUT2D eigenvalue weighted by atomic mass is 10.1. The van der Waals surface area contributed by atoms with Gasteiger partial charge in [0.1, 0.15) is 0 Å². The molecule has 0 atom stereocenters. The fraction of sp³-hybridized carbons (Fsp3) is 1.00. The number of nitrogens with one attached hydrogen (secondary N) is 3. The lowest BCUT2D eigenvalue weighted by molar-refractivity contribution is 0.473. The fourth-order valence-electron chi connectivity index (χ4n) is 1.75. The number of hydrogen-bond donors (Lipinski definition) is 3. The molecule has 0 aromatic carbocycles. The van der Waals surface area contributed by atoms with E-state index in [4.69, 9.17) is 0 Å². The molecule has 0 spiro atoms. The molecule has 0 radical (unpaired) electrons. The topological polar surface area (TPSA) is 36.1 Å². The predicted molar refractivity (Wildman–Crippen MR) is 66.5 cm³/mol. The van der Waals surface area contributed by atoms with Crippen LogP contribution in [0.15, 0.2) is 0 Å². The Labute approximate surface area is 90.3 Å². The second-order valence-corrected chi connectivity index (χ2v) is 10.1. The van der Waals surface area contributed by atoms with Gasteiger partial charge in [-0.15, -0.1) is 0 Å². The summed E-state index contributed by atoms with van der Waals surface area (Å²) in [5, 5.41) is 0.226. The summed E-state index contributed by atoms with van der Waals surface area (Å²) in [6.45, 7) is 13.4. The van der Waals surface area contributed by atoms with Gasteiger partial charge in [0.05, 0.1) is 0 Å². The molecule has 0 amide bonds. The van der Waals surface area contributed by atoms with Crippen molar-refractivity contribution < 1.29 is 0 Å². The summed E-state index contributed by atoms with van der Waals surface area (Å²) in [6, 6.07) is 0. The van der Waals surface area contributed by atoms with Gasteiger partial charge in [0.2, 0.25) is 0 Å². The highest BCUT2D eigenvalue weighted by Crippen LogP contribution is 2.31. The van der Waals surface area contributed by atoms with E-state index in [0.717, 1.165) is 0 Å². The molecule has 0 rings (SSSR count). The molecule has 14 heavy (non-hydrogen) atoms. The number of hydrogen-bond acceptors (Lipinski definition) is 3.